The number of ether oxygens (including phenoxy) is 2. The molecule has 0 aliphatic heterocycles. The van der Waals surface area contributed by atoms with Crippen molar-refractivity contribution in [1.29, 1.82) is 0 Å². The summed E-state index contributed by atoms with van der Waals surface area (Å²) in [6.45, 7) is 5.50. The SMILES string of the molecule is CCOC(=O)c1cc(Br)cc(C(=O)CC(=O)c2cccc(OC(C)C)c2)c1O. The molecule has 2 aromatic carbocycles. The first-order chi connectivity index (χ1) is 13.2. The Hall–Kier alpha value is -2.67. The van der Waals surface area contributed by atoms with Gasteiger partial charge < -0.3 is 14.6 Å². The fraction of sp³-hybridized carbons (Fsp3) is 0.286. The van der Waals surface area contributed by atoms with Gasteiger partial charge in [-0.25, -0.2) is 4.79 Å². The second-order valence-corrected chi connectivity index (χ2v) is 7.20. The monoisotopic (exact) mass is 448 g/mol. The summed E-state index contributed by atoms with van der Waals surface area (Å²) < 4.78 is 10.9. The summed E-state index contributed by atoms with van der Waals surface area (Å²) in [5.41, 5.74) is 0.0614. The number of ketones is 2. The van der Waals surface area contributed by atoms with E-state index in [1.807, 2.05) is 13.8 Å². The largest absolute Gasteiger partial charge is 0.506 e. The number of carbonyl (C=O) groups excluding carboxylic acids is 3. The van der Waals surface area contributed by atoms with Crippen LogP contribution in [-0.4, -0.2) is 35.4 Å². The van der Waals surface area contributed by atoms with Crippen molar-refractivity contribution < 1.29 is 29.0 Å². The maximum Gasteiger partial charge on any atom is 0.341 e. The number of rotatable bonds is 8. The molecule has 28 heavy (non-hydrogen) atoms. The predicted molar refractivity (Wildman–Crippen MR) is 107 cm³/mol. The summed E-state index contributed by atoms with van der Waals surface area (Å²) in [4.78, 5) is 37.1. The summed E-state index contributed by atoms with van der Waals surface area (Å²) in [5.74, 6) is -1.75. The second kappa shape index (κ2) is 9.50. The summed E-state index contributed by atoms with van der Waals surface area (Å²) in [5, 5.41) is 10.3. The Kier molecular flexibility index (Phi) is 7.34. The van der Waals surface area contributed by atoms with Gasteiger partial charge in [0.25, 0.3) is 0 Å². The van der Waals surface area contributed by atoms with Crippen LogP contribution in [0.1, 0.15) is 58.3 Å². The highest BCUT2D eigenvalue weighted by molar-refractivity contribution is 9.10. The number of phenols is 1. The normalized spacial score (nSPS) is 10.6. The van der Waals surface area contributed by atoms with Crippen LogP contribution in [0.3, 0.4) is 0 Å². The van der Waals surface area contributed by atoms with E-state index in [-0.39, 0.29) is 23.8 Å². The first-order valence-electron chi connectivity index (χ1n) is 8.75. The first kappa shape index (κ1) is 21.6. The number of esters is 1. The molecule has 0 atom stereocenters. The van der Waals surface area contributed by atoms with Gasteiger partial charge in [0, 0.05) is 10.0 Å². The molecule has 0 amide bonds. The maximum atomic E-state index is 12.6. The third-order valence-electron chi connectivity index (χ3n) is 3.72. The highest BCUT2D eigenvalue weighted by atomic mass is 79.9. The van der Waals surface area contributed by atoms with Gasteiger partial charge >= 0.3 is 5.97 Å². The van der Waals surface area contributed by atoms with Gasteiger partial charge in [-0.15, -0.1) is 0 Å². The van der Waals surface area contributed by atoms with Crippen LogP contribution in [0.5, 0.6) is 11.5 Å². The molecule has 0 spiro atoms. The molecule has 0 fully saturated rings. The lowest BCUT2D eigenvalue weighted by Crippen LogP contribution is -2.12. The summed E-state index contributed by atoms with van der Waals surface area (Å²) >= 11 is 3.21. The van der Waals surface area contributed by atoms with E-state index in [1.54, 1.807) is 31.2 Å². The minimum absolute atomic E-state index is 0.0492. The van der Waals surface area contributed by atoms with E-state index in [0.29, 0.717) is 15.8 Å². The molecule has 2 rings (SSSR count). The number of carbonyl (C=O) groups is 3. The van der Waals surface area contributed by atoms with Gasteiger partial charge in [0.1, 0.15) is 17.1 Å². The van der Waals surface area contributed by atoms with Crippen LogP contribution in [-0.2, 0) is 4.74 Å². The molecule has 0 saturated carbocycles. The first-order valence-corrected chi connectivity index (χ1v) is 9.55. The van der Waals surface area contributed by atoms with Crippen LogP contribution in [0.2, 0.25) is 0 Å². The molecule has 0 heterocycles. The average Bonchev–Trinajstić information content (AvgIpc) is 2.63. The molecule has 148 valence electrons. The van der Waals surface area contributed by atoms with Crippen molar-refractivity contribution >= 4 is 33.5 Å². The van der Waals surface area contributed by atoms with Gasteiger partial charge in [0.05, 0.1) is 24.7 Å². The predicted octanol–water partition coefficient (Wildman–Crippen LogP) is 4.57. The lowest BCUT2D eigenvalue weighted by atomic mass is 9.99. The Morgan fingerprint density at radius 1 is 1.07 bits per heavy atom. The lowest BCUT2D eigenvalue weighted by molar-refractivity contribution is 0.0523. The molecule has 0 saturated heterocycles. The second-order valence-electron chi connectivity index (χ2n) is 6.29. The summed E-state index contributed by atoms with van der Waals surface area (Å²) in [7, 11) is 0. The van der Waals surface area contributed by atoms with E-state index < -0.39 is 29.7 Å². The number of hydrogen-bond acceptors (Lipinski definition) is 6. The third kappa shape index (κ3) is 5.42. The number of halogens is 1. The van der Waals surface area contributed by atoms with Gasteiger partial charge in [-0.2, -0.15) is 0 Å². The van der Waals surface area contributed by atoms with Crippen molar-refractivity contribution in [2.24, 2.45) is 0 Å². The van der Waals surface area contributed by atoms with Crippen LogP contribution in [0.25, 0.3) is 0 Å². The van der Waals surface area contributed by atoms with Crippen molar-refractivity contribution in [2.75, 3.05) is 6.61 Å². The summed E-state index contributed by atoms with van der Waals surface area (Å²) in [6.07, 6.45) is -0.510. The quantitative estimate of drug-likeness (QED) is 0.361. The number of phenolic OH excluding ortho intramolecular Hbond substituents is 1. The van der Waals surface area contributed by atoms with Crippen LogP contribution < -0.4 is 4.74 Å². The van der Waals surface area contributed by atoms with E-state index in [4.69, 9.17) is 9.47 Å². The van der Waals surface area contributed by atoms with Gasteiger partial charge in [-0.05, 0) is 45.0 Å². The molecule has 0 aliphatic carbocycles. The summed E-state index contributed by atoms with van der Waals surface area (Å²) in [6, 6.07) is 9.29. The molecular formula is C21H21BrO6. The van der Waals surface area contributed by atoms with E-state index >= 15 is 0 Å². The molecule has 6 nitrogen and oxygen atoms in total. The van der Waals surface area contributed by atoms with Crippen molar-refractivity contribution in [3.8, 4) is 11.5 Å². The van der Waals surface area contributed by atoms with Crippen LogP contribution >= 0.6 is 15.9 Å². The highest BCUT2D eigenvalue weighted by Gasteiger charge is 2.23. The Morgan fingerprint density at radius 2 is 1.75 bits per heavy atom. The van der Waals surface area contributed by atoms with E-state index in [1.165, 1.54) is 12.1 Å². The number of Topliss-reactive ketones (excluding diaryl/α,β-unsaturated/α-hetero) is 2. The molecule has 2 aromatic rings. The lowest BCUT2D eigenvalue weighted by Gasteiger charge is -2.11. The van der Waals surface area contributed by atoms with Crippen molar-refractivity contribution in [2.45, 2.75) is 33.3 Å². The molecule has 0 aliphatic rings. The number of benzene rings is 2. The standard InChI is InChI=1S/C21H21BrO6/c1-4-27-21(26)17-10-14(22)9-16(20(17)25)19(24)11-18(23)13-6-5-7-15(8-13)28-12(2)3/h5-10,12,25H,4,11H2,1-3H3. The van der Waals surface area contributed by atoms with Crippen molar-refractivity contribution in [1.82, 2.24) is 0 Å². The molecule has 0 bridgehead atoms. The minimum Gasteiger partial charge on any atom is -0.506 e. The van der Waals surface area contributed by atoms with Crippen LogP contribution in [0.15, 0.2) is 40.9 Å². The molecule has 7 heteroatoms. The van der Waals surface area contributed by atoms with Gasteiger partial charge in [0.2, 0.25) is 0 Å². The Morgan fingerprint density at radius 3 is 2.39 bits per heavy atom. The fourth-order valence-corrected chi connectivity index (χ4v) is 2.99. The van der Waals surface area contributed by atoms with Gasteiger partial charge in [-0.1, -0.05) is 28.1 Å². The van der Waals surface area contributed by atoms with Gasteiger partial charge in [-0.3, -0.25) is 9.59 Å². The zero-order valence-electron chi connectivity index (χ0n) is 15.8. The molecule has 0 radical (unpaired) electrons. The highest BCUT2D eigenvalue weighted by Crippen LogP contribution is 2.29. The van der Waals surface area contributed by atoms with Crippen molar-refractivity contribution in [3.63, 3.8) is 0 Å². The topological polar surface area (TPSA) is 89.9 Å². The number of aromatic hydroxyl groups is 1. The Labute approximate surface area is 171 Å². The zero-order valence-corrected chi connectivity index (χ0v) is 17.4. The van der Waals surface area contributed by atoms with Crippen molar-refractivity contribution in [3.05, 3.63) is 57.6 Å². The minimum atomic E-state index is -0.750. The smallest absolute Gasteiger partial charge is 0.341 e. The molecule has 1 N–H and O–H groups in total. The zero-order chi connectivity index (χ0) is 20.8. The van der Waals surface area contributed by atoms with Crippen LogP contribution in [0, 0.1) is 0 Å². The maximum absolute atomic E-state index is 12.6. The average molecular weight is 449 g/mol. The molecular weight excluding hydrogens is 428 g/mol. The Bertz CT molecular complexity index is 904. The molecule has 0 unspecified atom stereocenters. The van der Waals surface area contributed by atoms with Gasteiger partial charge in [0.15, 0.2) is 11.6 Å². The number of hydrogen-bond donors (Lipinski definition) is 1. The van der Waals surface area contributed by atoms with E-state index in [2.05, 4.69) is 15.9 Å². The van der Waals surface area contributed by atoms with Crippen LogP contribution in [0.4, 0.5) is 0 Å². The molecule has 0 aromatic heterocycles. The van der Waals surface area contributed by atoms with E-state index in [9.17, 15) is 19.5 Å². The Balaban J connectivity index is 2.25. The fourth-order valence-electron chi connectivity index (χ4n) is 2.53. The van der Waals surface area contributed by atoms with E-state index in [0.717, 1.165) is 0 Å². The third-order valence-corrected chi connectivity index (χ3v) is 4.18.